The first-order chi connectivity index (χ1) is 29.7. The van der Waals surface area contributed by atoms with Gasteiger partial charge < -0.3 is 26.5 Å². The van der Waals surface area contributed by atoms with E-state index >= 15 is 0 Å². The number of hydrogen-bond donors (Lipinski definition) is 0. The van der Waals surface area contributed by atoms with E-state index in [0.717, 1.165) is 0 Å². The summed E-state index contributed by atoms with van der Waals surface area (Å²) in [7, 11) is 0. The molecule has 0 radical (unpaired) electrons. The van der Waals surface area contributed by atoms with E-state index in [9.17, 15) is 0 Å². The molecule has 0 N–H and O–H groups in total. The first-order valence-electron chi connectivity index (χ1n) is 18.4. The highest BCUT2D eigenvalue weighted by atomic mass is 16.4. The number of rotatable bonds is 6. The minimum absolute atomic E-state index is 0.0780. The van der Waals surface area contributed by atoms with Crippen molar-refractivity contribution in [1.82, 2.24) is 54.8 Å². The molecule has 0 saturated heterocycles. The topological polar surface area (TPSA) is 221 Å². The third-order valence-corrected chi connectivity index (χ3v) is 9.91. The van der Waals surface area contributed by atoms with E-state index < -0.39 is 0 Å². The van der Waals surface area contributed by atoms with Crippen molar-refractivity contribution in [2.45, 2.75) is 0 Å². The smallest absolute Gasteiger partial charge is 0.247 e. The number of benzene rings is 2. The van der Waals surface area contributed by atoms with Gasteiger partial charge in [0, 0.05) is 31.0 Å². The largest absolute Gasteiger partial charge is 0.436 e. The molecule has 0 aliphatic heterocycles. The predicted octanol–water partition coefficient (Wildman–Crippen LogP) is 9.51. The lowest BCUT2D eigenvalue weighted by molar-refractivity contribution is 0.588. The fourth-order valence-corrected chi connectivity index (χ4v) is 7.40. The number of fused-ring (bicyclic) bond motifs is 6. The SMILES string of the molecule is c1ccc2oc(-c3c(-c4nc5cccnc5o4)c(-c4nc5cccnc5o4)c(-c4nc5cccnc5o4)c(-c4nc5cccnc5o4)c3-c3nc4cccnc4o3)nc2c1. The molecule has 0 amide bonds. The van der Waals surface area contributed by atoms with E-state index in [0.29, 0.717) is 38.7 Å². The molecule has 0 unspecified atom stereocenters. The quantitative estimate of drug-likeness (QED) is 0.153. The molecule has 0 spiro atoms. The van der Waals surface area contributed by atoms with Gasteiger partial charge in [-0.1, -0.05) is 12.1 Å². The molecule has 2 aromatic carbocycles. The van der Waals surface area contributed by atoms with Crippen molar-refractivity contribution in [3.05, 3.63) is 116 Å². The molecule has 11 heterocycles. The fourth-order valence-electron chi connectivity index (χ4n) is 7.40. The molecule has 0 aliphatic rings. The number of nitrogens with zero attached hydrogens (tertiary/aromatic N) is 11. The van der Waals surface area contributed by atoms with Crippen molar-refractivity contribution in [2.75, 3.05) is 0 Å². The number of para-hydroxylation sites is 2. The lowest BCUT2D eigenvalue weighted by Gasteiger charge is -2.19. The Bertz CT molecular complexity index is 2980. The summed E-state index contributed by atoms with van der Waals surface area (Å²) in [6.07, 6.45) is 8.07. The Hall–Kier alpha value is -8.99. The van der Waals surface area contributed by atoms with Crippen LogP contribution in [0.25, 0.3) is 136 Å². The van der Waals surface area contributed by atoms with Gasteiger partial charge >= 0.3 is 0 Å². The molecule has 13 rings (SSSR count). The van der Waals surface area contributed by atoms with Crippen molar-refractivity contribution in [3.63, 3.8) is 0 Å². The van der Waals surface area contributed by atoms with Gasteiger partial charge in [-0.15, -0.1) is 0 Å². The molecule has 0 saturated carbocycles. The van der Waals surface area contributed by atoms with Crippen LogP contribution in [0.1, 0.15) is 0 Å². The van der Waals surface area contributed by atoms with Crippen LogP contribution >= 0.6 is 0 Å². The zero-order valence-corrected chi connectivity index (χ0v) is 30.3. The average molecular weight is 786 g/mol. The Morgan fingerprint density at radius 2 is 0.500 bits per heavy atom. The van der Waals surface area contributed by atoms with Crippen LogP contribution in [0.3, 0.4) is 0 Å². The van der Waals surface area contributed by atoms with Gasteiger partial charge in [0.2, 0.25) is 63.9 Å². The molecular formula is C43H19N11O6. The van der Waals surface area contributed by atoms with Gasteiger partial charge in [0.05, 0.1) is 33.4 Å². The molecular weight excluding hydrogens is 767 g/mol. The normalized spacial score (nSPS) is 12.0. The van der Waals surface area contributed by atoms with Crippen LogP contribution in [-0.4, -0.2) is 54.8 Å². The summed E-state index contributed by atoms with van der Waals surface area (Å²) in [5.41, 5.74) is 6.34. The van der Waals surface area contributed by atoms with Crippen LogP contribution in [0.2, 0.25) is 0 Å². The third-order valence-electron chi connectivity index (χ3n) is 9.91. The lowest BCUT2D eigenvalue weighted by atomic mass is 9.85. The van der Waals surface area contributed by atoms with E-state index in [4.69, 9.17) is 56.4 Å². The maximum absolute atomic E-state index is 6.66. The van der Waals surface area contributed by atoms with Gasteiger partial charge in [-0.25, -0.2) is 54.8 Å². The van der Waals surface area contributed by atoms with Gasteiger partial charge in [0.1, 0.15) is 33.1 Å². The summed E-state index contributed by atoms with van der Waals surface area (Å²) in [6, 6.07) is 25.1. The predicted molar refractivity (Wildman–Crippen MR) is 213 cm³/mol. The van der Waals surface area contributed by atoms with Crippen molar-refractivity contribution in [1.29, 1.82) is 0 Å². The molecule has 11 aromatic heterocycles. The first kappa shape index (κ1) is 32.1. The van der Waals surface area contributed by atoms with E-state index in [1.54, 1.807) is 91.6 Å². The van der Waals surface area contributed by atoms with E-state index in [1.165, 1.54) is 0 Å². The Balaban J connectivity index is 1.32. The molecule has 17 heteroatoms. The van der Waals surface area contributed by atoms with Gasteiger partial charge in [0.15, 0.2) is 5.58 Å². The zero-order valence-electron chi connectivity index (χ0n) is 30.3. The second kappa shape index (κ2) is 12.3. The van der Waals surface area contributed by atoms with Gasteiger partial charge in [-0.3, -0.25) is 0 Å². The van der Waals surface area contributed by atoms with Crippen molar-refractivity contribution in [3.8, 4) is 68.7 Å². The number of oxazole rings is 6. The maximum Gasteiger partial charge on any atom is 0.247 e. The van der Waals surface area contributed by atoms with Crippen molar-refractivity contribution < 1.29 is 26.5 Å². The molecule has 17 nitrogen and oxygen atoms in total. The average Bonchev–Trinajstić information content (AvgIpc) is 4.15. The molecule has 282 valence electrons. The number of aromatic nitrogens is 11. The highest BCUT2D eigenvalue weighted by Crippen LogP contribution is 2.56. The Morgan fingerprint density at radius 3 is 0.783 bits per heavy atom. The van der Waals surface area contributed by atoms with E-state index in [2.05, 4.69) is 24.9 Å². The number of pyridine rings is 5. The van der Waals surface area contributed by atoms with Crippen LogP contribution in [-0.2, 0) is 0 Å². The fraction of sp³-hybridized carbons (Fsp3) is 0. The van der Waals surface area contributed by atoms with Crippen LogP contribution in [0.15, 0.2) is 142 Å². The molecule has 13 aromatic rings. The summed E-state index contributed by atoms with van der Waals surface area (Å²) in [5, 5.41) is 0. The van der Waals surface area contributed by atoms with E-state index in [-0.39, 0.29) is 97.3 Å². The maximum atomic E-state index is 6.66. The molecule has 0 fully saturated rings. The molecule has 60 heavy (non-hydrogen) atoms. The van der Waals surface area contributed by atoms with Crippen LogP contribution < -0.4 is 0 Å². The molecule has 0 bridgehead atoms. The third kappa shape index (κ3) is 4.83. The zero-order chi connectivity index (χ0) is 39.3. The van der Waals surface area contributed by atoms with Crippen LogP contribution in [0, 0.1) is 0 Å². The summed E-state index contributed by atoms with van der Waals surface area (Å²) < 4.78 is 39.5. The monoisotopic (exact) mass is 785 g/mol. The first-order valence-corrected chi connectivity index (χ1v) is 18.4. The highest BCUT2D eigenvalue weighted by molar-refractivity contribution is 6.11. The Kier molecular flexibility index (Phi) is 6.56. The second-order valence-corrected chi connectivity index (χ2v) is 13.5. The van der Waals surface area contributed by atoms with Gasteiger partial charge in [-0.2, -0.15) is 0 Å². The Morgan fingerprint density at radius 1 is 0.250 bits per heavy atom. The van der Waals surface area contributed by atoms with Gasteiger partial charge in [-0.05, 0) is 72.8 Å². The lowest BCUT2D eigenvalue weighted by Crippen LogP contribution is -2.03. The molecule has 0 atom stereocenters. The molecule has 0 aliphatic carbocycles. The summed E-state index contributed by atoms with van der Waals surface area (Å²) >= 11 is 0. The minimum Gasteiger partial charge on any atom is -0.436 e. The second-order valence-electron chi connectivity index (χ2n) is 13.5. The summed E-state index contributed by atoms with van der Waals surface area (Å²) in [4.78, 5) is 52.4. The summed E-state index contributed by atoms with van der Waals surface area (Å²) in [5.74, 6) is 0.541. The minimum atomic E-state index is 0.0780. The van der Waals surface area contributed by atoms with Gasteiger partial charge in [0.25, 0.3) is 0 Å². The van der Waals surface area contributed by atoms with Crippen LogP contribution in [0.4, 0.5) is 0 Å². The van der Waals surface area contributed by atoms with Crippen molar-refractivity contribution >= 4 is 67.3 Å². The van der Waals surface area contributed by atoms with Crippen LogP contribution in [0.5, 0.6) is 0 Å². The summed E-state index contributed by atoms with van der Waals surface area (Å²) in [6.45, 7) is 0. The van der Waals surface area contributed by atoms with Crippen molar-refractivity contribution in [2.24, 2.45) is 0 Å². The standard InChI is InChI=1S/C43H19N11O6/c1-2-14-26-20(8-1)49-38(55-26)27-28(39-50-21-9-3-15-44-33(21)56-39)30(41-52-23-11-5-17-46-35(23)58-41)32(43-54-25-13-7-19-48-37(25)60-43)31(42-53-24-12-6-18-47-36(24)59-42)29(27)40-51-22-10-4-16-45-34(22)57-40/h1-19H. The Labute approximate surface area is 332 Å². The highest BCUT2D eigenvalue weighted by Gasteiger charge is 2.40. The number of hydrogen-bond acceptors (Lipinski definition) is 17. The van der Waals surface area contributed by atoms with E-state index in [1.807, 2.05) is 24.3 Å².